The summed E-state index contributed by atoms with van der Waals surface area (Å²) in [6, 6.07) is 12.1. The predicted octanol–water partition coefficient (Wildman–Crippen LogP) is 3.11. The number of esters is 1. The molecular weight excluding hydrogens is 328 g/mol. The third kappa shape index (κ3) is 3.59. The largest absolute Gasteiger partial charge is 0.486 e. The quantitative estimate of drug-likeness (QED) is 0.796. The van der Waals surface area contributed by atoms with Crippen molar-refractivity contribution in [1.82, 2.24) is 0 Å². The van der Waals surface area contributed by atoms with Crippen LogP contribution in [0.5, 0.6) is 11.5 Å². The van der Waals surface area contributed by atoms with Crippen molar-refractivity contribution in [2.24, 2.45) is 0 Å². The molecule has 1 heterocycles. The maximum atomic E-state index is 12.2. The van der Waals surface area contributed by atoms with Crippen molar-refractivity contribution in [3.63, 3.8) is 0 Å². The summed E-state index contributed by atoms with van der Waals surface area (Å²) in [5.41, 5.74) is 1.26. The van der Waals surface area contributed by atoms with Gasteiger partial charge in [0.15, 0.2) is 11.5 Å². The molecule has 24 heavy (non-hydrogen) atoms. The minimum atomic E-state index is -1.07. The van der Waals surface area contributed by atoms with Gasteiger partial charge in [0.05, 0.1) is 5.56 Å². The lowest BCUT2D eigenvalue weighted by molar-refractivity contribution is 0.0336. The van der Waals surface area contributed by atoms with Gasteiger partial charge in [0.25, 0.3) is 0 Å². The van der Waals surface area contributed by atoms with Crippen molar-refractivity contribution >= 4 is 16.8 Å². The second-order valence-electron chi connectivity index (χ2n) is 5.43. The Hall–Kier alpha value is -2.34. The van der Waals surface area contributed by atoms with Crippen LogP contribution in [0, 0.1) is 0 Å². The van der Waals surface area contributed by atoms with Gasteiger partial charge in [-0.15, -0.1) is 0 Å². The molecule has 0 unspecified atom stereocenters. The van der Waals surface area contributed by atoms with E-state index in [1.54, 1.807) is 37.4 Å². The zero-order valence-corrected chi connectivity index (χ0v) is 14.3. The molecule has 1 aliphatic heterocycles. The van der Waals surface area contributed by atoms with Crippen molar-refractivity contribution in [3.05, 3.63) is 53.6 Å². The van der Waals surface area contributed by atoms with E-state index in [0.717, 1.165) is 5.56 Å². The molecule has 1 aliphatic rings. The first-order chi connectivity index (χ1) is 11.5. The molecular formula is C18H18O5S. The van der Waals surface area contributed by atoms with Gasteiger partial charge >= 0.3 is 5.97 Å². The Labute approximate surface area is 143 Å². The van der Waals surface area contributed by atoms with Crippen LogP contribution in [-0.2, 0) is 15.5 Å². The highest BCUT2D eigenvalue weighted by molar-refractivity contribution is 7.84. The lowest BCUT2D eigenvalue weighted by Gasteiger charge is -2.20. The first-order valence-electron chi connectivity index (χ1n) is 7.58. The van der Waals surface area contributed by atoms with E-state index in [9.17, 15) is 9.00 Å². The van der Waals surface area contributed by atoms with E-state index in [2.05, 4.69) is 0 Å². The number of rotatable bonds is 4. The molecule has 0 spiro atoms. The molecule has 0 bridgehead atoms. The normalized spacial score (nSPS) is 15.4. The van der Waals surface area contributed by atoms with Crippen LogP contribution in [0.25, 0.3) is 0 Å². The van der Waals surface area contributed by atoms with Crippen LogP contribution in [0.4, 0.5) is 0 Å². The van der Waals surface area contributed by atoms with Crippen molar-refractivity contribution < 1.29 is 23.2 Å². The Kier molecular flexibility index (Phi) is 4.85. The number of ether oxygens (including phenoxy) is 3. The zero-order valence-electron chi connectivity index (χ0n) is 13.5. The molecule has 0 saturated carbocycles. The molecule has 2 aromatic carbocycles. The first-order valence-corrected chi connectivity index (χ1v) is 9.14. The highest BCUT2D eigenvalue weighted by atomic mass is 32.2. The van der Waals surface area contributed by atoms with Crippen LogP contribution >= 0.6 is 0 Å². The topological polar surface area (TPSA) is 61.8 Å². The molecule has 0 aromatic heterocycles. The second-order valence-corrected chi connectivity index (χ2v) is 6.81. The molecule has 6 heteroatoms. The molecule has 5 nitrogen and oxygen atoms in total. The van der Waals surface area contributed by atoms with Gasteiger partial charge in [-0.2, -0.15) is 0 Å². The minimum absolute atomic E-state index is 0.423. The van der Waals surface area contributed by atoms with Crippen molar-refractivity contribution in [2.75, 3.05) is 19.5 Å². The summed E-state index contributed by atoms with van der Waals surface area (Å²) in [6.07, 6.45) is 1.17. The Bertz CT molecular complexity index is 769. The molecule has 0 amide bonds. The smallest absolute Gasteiger partial charge is 0.338 e. The summed E-state index contributed by atoms with van der Waals surface area (Å²) < 4.78 is 27.9. The van der Waals surface area contributed by atoms with Gasteiger partial charge in [0, 0.05) is 22.0 Å². The SMILES string of the molecule is C[C@H](OC(=O)c1ccc([S@](C)=O)cc1)c1ccc2c(c1)OCCO2. The number of hydrogen-bond acceptors (Lipinski definition) is 5. The average Bonchev–Trinajstić information content (AvgIpc) is 2.61. The fraction of sp³-hybridized carbons (Fsp3) is 0.278. The van der Waals surface area contributed by atoms with Crippen molar-refractivity contribution in [3.8, 4) is 11.5 Å². The van der Waals surface area contributed by atoms with Gasteiger partial charge in [-0.3, -0.25) is 4.21 Å². The van der Waals surface area contributed by atoms with Crippen LogP contribution in [-0.4, -0.2) is 29.6 Å². The molecule has 0 aliphatic carbocycles. The Morgan fingerprint density at radius 3 is 2.42 bits per heavy atom. The maximum absolute atomic E-state index is 12.2. The maximum Gasteiger partial charge on any atom is 0.338 e. The van der Waals surface area contributed by atoms with E-state index < -0.39 is 22.9 Å². The Morgan fingerprint density at radius 2 is 1.75 bits per heavy atom. The monoisotopic (exact) mass is 346 g/mol. The lowest BCUT2D eigenvalue weighted by Crippen LogP contribution is -2.16. The standard InChI is InChI=1S/C18H18O5S/c1-12(14-5-8-16-17(11-14)22-10-9-21-16)23-18(19)13-3-6-15(7-4-13)24(2)20/h3-8,11-12H,9-10H2,1-2H3/t12-,24-/m0/s1. The van der Waals surface area contributed by atoms with E-state index in [0.29, 0.717) is 35.2 Å². The van der Waals surface area contributed by atoms with Crippen molar-refractivity contribution in [1.29, 1.82) is 0 Å². The zero-order chi connectivity index (χ0) is 17.1. The van der Waals surface area contributed by atoms with Crippen molar-refractivity contribution in [2.45, 2.75) is 17.9 Å². The van der Waals surface area contributed by atoms with E-state index in [4.69, 9.17) is 14.2 Å². The van der Waals surface area contributed by atoms with Gasteiger partial charge in [-0.05, 0) is 48.9 Å². The fourth-order valence-electron chi connectivity index (χ4n) is 2.39. The van der Waals surface area contributed by atoms with Gasteiger partial charge in [0.2, 0.25) is 0 Å². The molecule has 0 saturated heterocycles. The third-order valence-electron chi connectivity index (χ3n) is 3.74. The first kappa shape index (κ1) is 16.5. The van der Waals surface area contributed by atoms with Crippen LogP contribution in [0.2, 0.25) is 0 Å². The van der Waals surface area contributed by atoms with Crippen LogP contribution in [0.15, 0.2) is 47.4 Å². The number of fused-ring (bicyclic) bond motifs is 1. The van der Waals surface area contributed by atoms with Gasteiger partial charge in [-0.25, -0.2) is 4.79 Å². The van der Waals surface area contributed by atoms with E-state index in [1.807, 2.05) is 18.2 Å². The fourth-order valence-corrected chi connectivity index (χ4v) is 2.91. The van der Waals surface area contributed by atoms with E-state index in [1.165, 1.54) is 0 Å². The molecule has 3 rings (SSSR count). The van der Waals surface area contributed by atoms with E-state index in [-0.39, 0.29) is 0 Å². The second kappa shape index (κ2) is 7.05. The van der Waals surface area contributed by atoms with Crippen LogP contribution < -0.4 is 9.47 Å². The molecule has 2 atom stereocenters. The lowest BCUT2D eigenvalue weighted by atomic mass is 10.1. The summed E-state index contributed by atoms with van der Waals surface area (Å²) in [7, 11) is -1.07. The van der Waals surface area contributed by atoms with Gasteiger partial charge in [-0.1, -0.05) is 6.07 Å². The van der Waals surface area contributed by atoms with Gasteiger partial charge < -0.3 is 14.2 Å². The average molecular weight is 346 g/mol. The summed E-state index contributed by atoms with van der Waals surface area (Å²) in [6.45, 7) is 2.85. The molecule has 0 fully saturated rings. The number of benzene rings is 2. The highest BCUT2D eigenvalue weighted by Crippen LogP contribution is 2.33. The minimum Gasteiger partial charge on any atom is -0.486 e. The Morgan fingerprint density at radius 1 is 1.08 bits per heavy atom. The molecule has 0 N–H and O–H groups in total. The number of hydrogen-bond donors (Lipinski definition) is 0. The molecule has 126 valence electrons. The third-order valence-corrected chi connectivity index (χ3v) is 4.68. The van der Waals surface area contributed by atoms with Crippen LogP contribution in [0.1, 0.15) is 28.9 Å². The Balaban J connectivity index is 1.70. The summed E-state index contributed by atoms with van der Waals surface area (Å²) in [5, 5.41) is 0. The molecule has 2 aromatic rings. The molecule has 0 radical (unpaired) electrons. The summed E-state index contributed by atoms with van der Waals surface area (Å²) >= 11 is 0. The summed E-state index contributed by atoms with van der Waals surface area (Å²) in [4.78, 5) is 12.9. The number of carbonyl (C=O) groups is 1. The predicted molar refractivity (Wildman–Crippen MR) is 90.0 cm³/mol. The van der Waals surface area contributed by atoms with E-state index >= 15 is 0 Å². The number of carbonyl (C=O) groups excluding carboxylic acids is 1. The van der Waals surface area contributed by atoms with Gasteiger partial charge in [0.1, 0.15) is 19.3 Å². The van der Waals surface area contributed by atoms with Crippen LogP contribution in [0.3, 0.4) is 0 Å². The highest BCUT2D eigenvalue weighted by Gasteiger charge is 2.18. The summed E-state index contributed by atoms with van der Waals surface area (Å²) in [5.74, 6) is 0.939.